The van der Waals surface area contributed by atoms with E-state index in [-0.39, 0.29) is 11.9 Å². The van der Waals surface area contributed by atoms with Crippen LogP contribution < -0.4 is 5.32 Å². The predicted octanol–water partition coefficient (Wildman–Crippen LogP) is 2.40. The normalized spacial score (nSPS) is 11.6. The zero-order valence-corrected chi connectivity index (χ0v) is 9.43. The Hall–Kier alpha value is -1.46. The standard InChI is InChI=1S/C12H12ClNO/c1-4-9(3)14-12(15)10-5-6-11(13)8(2)7-10/h1,5-7,9H,2-3H3,(H,14,15). The van der Waals surface area contributed by atoms with Crippen molar-refractivity contribution in [2.45, 2.75) is 19.9 Å². The number of terminal acetylenes is 1. The first-order valence-electron chi connectivity index (χ1n) is 4.57. The van der Waals surface area contributed by atoms with E-state index in [4.69, 9.17) is 18.0 Å². The Morgan fingerprint density at radius 2 is 2.27 bits per heavy atom. The third kappa shape index (κ3) is 3.00. The maximum Gasteiger partial charge on any atom is 0.252 e. The fraction of sp³-hybridized carbons (Fsp3) is 0.250. The second-order valence-electron chi connectivity index (χ2n) is 3.33. The second kappa shape index (κ2) is 4.86. The van der Waals surface area contributed by atoms with E-state index in [1.165, 1.54) is 0 Å². The highest BCUT2D eigenvalue weighted by Gasteiger charge is 2.08. The number of nitrogens with one attached hydrogen (secondary N) is 1. The highest BCUT2D eigenvalue weighted by Crippen LogP contribution is 2.16. The maximum absolute atomic E-state index is 11.6. The summed E-state index contributed by atoms with van der Waals surface area (Å²) in [6.07, 6.45) is 5.17. The van der Waals surface area contributed by atoms with Crippen molar-refractivity contribution in [1.29, 1.82) is 0 Å². The highest BCUT2D eigenvalue weighted by molar-refractivity contribution is 6.31. The summed E-state index contributed by atoms with van der Waals surface area (Å²) in [6.45, 7) is 3.60. The van der Waals surface area contributed by atoms with Crippen LogP contribution in [0.15, 0.2) is 18.2 Å². The van der Waals surface area contributed by atoms with Gasteiger partial charge in [0.25, 0.3) is 5.91 Å². The van der Waals surface area contributed by atoms with Gasteiger partial charge in [0.2, 0.25) is 0 Å². The summed E-state index contributed by atoms with van der Waals surface area (Å²) >= 11 is 5.85. The van der Waals surface area contributed by atoms with Crippen LogP contribution in [0.3, 0.4) is 0 Å². The molecule has 1 rings (SSSR count). The Balaban J connectivity index is 2.84. The Bertz CT molecular complexity index is 420. The van der Waals surface area contributed by atoms with Crippen molar-refractivity contribution in [3.05, 3.63) is 34.3 Å². The second-order valence-corrected chi connectivity index (χ2v) is 3.73. The number of rotatable bonds is 2. The van der Waals surface area contributed by atoms with E-state index in [1.54, 1.807) is 25.1 Å². The number of hydrogen-bond acceptors (Lipinski definition) is 1. The van der Waals surface area contributed by atoms with E-state index >= 15 is 0 Å². The molecular weight excluding hydrogens is 210 g/mol. The minimum absolute atomic E-state index is 0.180. The van der Waals surface area contributed by atoms with Gasteiger partial charge in [-0.1, -0.05) is 17.5 Å². The van der Waals surface area contributed by atoms with Crippen LogP contribution in [-0.4, -0.2) is 11.9 Å². The molecule has 1 atom stereocenters. The molecule has 3 heteroatoms. The van der Waals surface area contributed by atoms with Crippen LogP contribution in [0.5, 0.6) is 0 Å². The Morgan fingerprint density at radius 1 is 1.60 bits per heavy atom. The lowest BCUT2D eigenvalue weighted by molar-refractivity contribution is 0.0948. The molecule has 0 bridgehead atoms. The monoisotopic (exact) mass is 221 g/mol. The van der Waals surface area contributed by atoms with Crippen molar-refractivity contribution < 1.29 is 4.79 Å². The largest absolute Gasteiger partial charge is 0.339 e. The van der Waals surface area contributed by atoms with E-state index < -0.39 is 0 Å². The zero-order chi connectivity index (χ0) is 11.4. The summed E-state index contributed by atoms with van der Waals surface area (Å²) in [7, 11) is 0. The van der Waals surface area contributed by atoms with Crippen molar-refractivity contribution in [3.8, 4) is 12.3 Å². The van der Waals surface area contributed by atoms with Gasteiger partial charge in [0.05, 0.1) is 6.04 Å². The van der Waals surface area contributed by atoms with Crippen LogP contribution in [0.25, 0.3) is 0 Å². The van der Waals surface area contributed by atoms with Crippen LogP contribution >= 0.6 is 11.6 Å². The van der Waals surface area contributed by atoms with Gasteiger partial charge in [0.15, 0.2) is 0 Å². The molecule has 0 aromatic heterocycles. The van der Waals surface area contributed by atoms with E-state index in [0.717, 1.165) is 5.56 Å². The Kier molecular flexibility index (Phi) is 3.76. The quantitative estimate of drug-likeness (QED) is 0.764. The van der Waals surface area contributed by atoms with Gasteiger partial charge in [-0.3, -0.25) is 4.79 Å². The molecule has 0 spiro atoms. The molecule has 0 aliphatic heterocycles. The molecule has 0 saturated heterocycles. The number of carbonyl (C=O) groups excluding carboxylic acids is 1. The maximum atomic E-state index is 11.6. The van der Waals surface area contributed by atoms with Gasteiger partial charge in [-0.15, -0.1) is 6.42 Å². The van der Waals surface area contributed by atoms with Crippen molar-refractivity contribution in [1.82, 2.24) is 5.32 Å². The molecule has 1 N–H and O–H groups in total. The average Bonchev–Trinajstić information content (AvgIpc) is 2.21. The summed E-state index contributed by atoms with van der Waals surface area (Å²) in [5, 5.41) is 3.32. The van der Waals surface area contributed by atoms with E-state index in [9.17, 15) is 4.79 Å². The van der Waals surface area contributed by atoms with Crippen LogP contribution in [0, 0.1) is 19.3 Å². The molecule has 0 fully saturated rings. The van der Waals surface area contributed by atoms with Crippen LogP contribution in [0.2, 0.25) is 5.02 Å². The molecule has 15 heavy (non-hydrogen) atoms. The van der Waals surface area contributed by atoms with Gasteiger partial charge < -0.3 is 5.32 Å². The third-order valence-corrected chi connectivity index (χ3v) is 2.44. The lowest BCUT2D eigenvalue weighted by Crippen LogP contribution is -2.31. The summed E-state index contributed by atoms with van der Waals surface area (Å²) < 4.78 is 0. The third-order valence-electron chi connectivity index (χ3n) is 2.02. The van der Waals surface area contributed by atoms with E-state index in [1.807, 2.05) is 6.92 Å². The number of aryl methyl sites for hydroxylation is 1. The van der Waals surface area contributed by atoms with Crippen molar-refractivity contribution in [2.24, 2.45) is 0 Å². The molecule has 1 amide bonds. The Morgan fingerprint density at radius 3 is 2.80 bits per heavy atom. The zero-order valence-electron chi connectivity index (χ0n) is 8.67. The molecule has 1 unspecified atom stereocenters. The van der Waals surface area contributed by atoms with Gasteiger partial charge in [-0.2, -0.15) is 0 Å². The molecule has 1 aromatic carbocycles. The molecule has 1 aromatic rings. The van der Waals surface area contributed by atoms with Gasteiger partial charge in [0, 0.05) is 10.6 Å². The number of halogens is 1. The molecule has 78 valence electrons. The first kappa shape index (κ1) is 11.6. The first-order valence-corrected chi connectivity index (χ1v) is 4.95. The van der Waals surface area contributed by atoms with Crippen molar-refractivity contribution >= 4 is 17.5 Å². The minimum Gasteiger partial charge on any atom is -0.339 e. The highest BCUT2D eigenvalue weighted by atomic mass is 35.5. The fourth-order valence-electron chi connectivity index (χ4n) is 1.11. The molecule has 2 nitrogen and oxygen atoms in total. The minimum atomic E-state index is -0.270. The molecule has 0 aliphatic rings. The molecule has 0 radical (unpaired) electrons. The van der Waals surface area contributed by atoms with Crippen molar-refractivity contribution in [3.63, 3.8) is 0 Å². The Labute approximate surface area is 94.6 Å². The molecular formula is C12H12ClNO. The van der Waals surface area contributed by atoms with Crippen LogP contribution in [0.4, 0.5) is 0 Å². The van der Waals surface area contributed by atoms with Gasteiger partial charge in [0.1, 0.15) is 0 Å². The molecule has 0 aliphatic carbocycles. The molecule has 0 saturated carbocycles. The predicted molar refractivity (Wildman–Crippen MR) is 62.0 cm³/mol. The number of amides is 1. The van der Waals surface area contributed by atoms with E-state index in [2.05, 4.69) is 11.2 Å². The number of benzene rings is 1. The van der Waals surface area contributed by atoms with Crippen LogP contribution in [-0.2, 0) is 0 Å². The van der Waals surface area contributed by atoms with Gasteiger partial charge in [-0.05, 0) is 37.6 Å². The van der Waals surface area contributed by atoms with Crippen LogP contribution in [0.1, 0.15) is 22.8 Å². The smallest absolute Gasteiger partial charge is 0.252 e. The summed E-state index contributed by atoms with van der Waals surface area (Å²) in [5.74, 6) is 2.25. The van der Waals surface area contributed by atoms with Gasteiger partial charge in [-0.25, -0.2) is 0 Å². The lowest BCUT2D eigenvalue weighted by Gasteiger charge is -2.08. The SMILES string of the molecule is C#CC(C)NC(=O)c1ccc(Cl)c(C)c1. The summed E-state index contributed by atoms with van der Waals surface area (Å²) in [6, 6.07) is 4.84. The summed E-state index contributed by atoms with van der Waals surface area (Å²) in [5.41, 5.74) is 1.44. The number of hydrogen-bond donors (Lipinski definition) is 1. The fourth-order valence-corrected chi connectivity index (χ4v) is 1.23. The number of carbonyl (C=O) groups is 1. The molecule has 0 heterocycles. The average molecular weight is 222 g/mol. The van der Waals surface area contributed by atoms with E-state index in [0.29, 0.717) is 10.6 Å². The van der Waals surface area contributed by atoms with Crippen molar-refractivity contribution in [2.75, 3.05) is 0 Å². The first-order chi connectivity index (χ1) is 7.04. The summed E-state index contributed by atoms with van der Waals surface area (Å²) in [4.78, 5) is 11.6. The topological polar surface area (TPSA) is 29.1 Å². The van der Waals surface area contributed by atoms with Gasteiger partial charge >= 0.3 is 0 Å². The lowest BCUT2D eigenvalue weighted by atomic mass is 10.1.